The fraction of sp³-hybridized carbons (Fsp3) is 0.538. The lowest BCUT2D eigenvalue weighted by molar-refractivity contribution is 0.357. The van der Waals surface area contributed by atoms with Crippen molar-refractivity contribution in [1.29, 1.82) is 0 Å². The van der Waals surface area contributed by atoms with Crippen LogP contribution in [0.5, 0.6) is 0 Å². The van der Waals surface area contributed by atoms with Gasteiger partial charge in [-0.3, -0.25) is 0 Å². The van der Waals surface area contributed by atoms with Crippen molar-refractivity contribution >= 4 is 11.6 Å². The van der Waals surface area contributed by atoms with Crippen LogP contribution in [0.2, 0.25) is 5.02 Å². The Kier molecular flexibility index (Phi) is 4.75. The molecule has 0 atom stereocenters. The molecule has 1 aromatic carbocycles. The van der Waals surface area contributed by atoms with E-state index in [2.05, 4.69) is 26.1 Å². The van der Waals surface area contributed by atoms with Crippen LogP contribution in [-0.2, 0) is 6.54 Å². The van der Waals surface area contributed by atoms with Gasteiger partial charge in [0.1, 0.15) is 5.82 Å². The van der Waals surface area contributed by atoms with E-state index in [0.29, 0.717) is 6.54 Å². The molecule has 0 fully saturated rings. The fourth-order valence-electron chi connectivity index (χ4n) is 1.70. The van der Waals surface area contributed by atoms with Crippen LogP contribution in [0.1, 0.15) is 39.2 Å². The molecule has 0 bridgehead atoms. The molecule has 1 aromatic rings. The minimum absolute atomic E-state index is 0.107. The first-order chi connectivity index (χ1) is 7.44. The Morgan fingerprint density at radius 3 is 2.62 bits per heavy atom. The number of benzene rings is 1. The molecule has 1 rings (SSSR count). The van der Waals surface area contributed by atoms with Gasteiger partial charge in [-0.1, -0.05) is 31.0 Å². The second kappa shape index (κ2) is 5.65. The Bertz CT molecular complexity index is 350. The van der Waals surface area contributed by atoms with E-state index in [1.54, 1.807) is 12.1 Å². The van der Waals surface area contributed by atoms with Crippen molar-refractivity contribution < 1.29 is 4.39 Å². The second-order valence-corrected chi connectivity index (χ2v) is 5.14. The number of hydrogen-bond donors (Lipinski definition) is 1. The van der Waals surface area contributed by atoms with Gasteiger partial charge in [0.25, 0.3) is 0 Å². The molecule has 0 aromatic heterocycles. The van der Waals surface area contributed by atoms with Crippen LogP contribution in [0, 0.1) is 5.82 Å². The molecule has 1 N–H and O–H groups in total. The molecule has 0 amide bonds. The molecule has 0 heterocycles. The van der Waals surface area contributed by atoms with Gasteiger partial charge in [0, 0.05) is 12.1 Å². The Hall–Kier alpha value is -0.600. The predicted octanol–water partition coefficient (Wildman–Crippen LogP) is 4.15. The lowest BCUT2D eigenvalue weighted by Gasteiger charge is -2.26. The molecule has 0 aliphatic carbocycles. The molecule has 0 saturated heterocycles. The van der Waals surface area contributed by atoms with Crippen molar-refractivity contribution in [2.45, 2.75) is 45.7 Å². The molecule has 0 unspecified atom stereocenters. The highest BCUT2D eigenvalue weighted by molar-refractivity contribution is 6.30. The third-order valence-electron chi connectivity index (χ3n) is 2.63. The highest BCUT2D eigenvalue weighted by atomic mass is 35.5. The molecule has 16 heavy (non-hydrogen) atoms. The summed E-state index contributed by atoms with van der Waals surface area (Å²) in [4.78, 5) is 0. The standard InChI is InChI=1S/C13H19ClFN/c1-4-7-13(2,3)16-9-10-5-6-12(15)11(14)8-10/h5-6,8,16H,4,7,9H2,1-3H3. The van der Waals surface area contributed by atoms with Gasteiger partial charge < -0.3 is 5.32 Å². The van der Waals surface area contributed by atoms with Gasteiger partial charge in [-0.25, -0.2) is 4.39 Å². The zero-order chi connectivity index (χ0) is 12.2. The number of halogens is 2. The normalized spacial score (nSPS) is 11.8. The summed E-state index contributed by atoms with van der Waals surface area (Å²) in [5.41, 5.74) is 1.12. The van der Waals surface area contributed by atoms with E-state index in [1.807, 2.05) is 0 Å². The second-order valence-electron chi connectivity index (χ2n) is 4.74. The quantitative estimate of drug-likeness (QED) is 0.819. The highest BCUT2D eigenvalue weighted by Gasteiger charge is 2.15. The first kappa shape index (κ1) is 13.5. The van der Waals surface area contributed by atoms with Crippen LogP contribution in [0.3, 0.4) is 0 Å². The lowest BCUT2D eigenvalue weighted by atomic mass is 9.98. The van der Waals surface area contributed by atoms with E-state index in [1.165, 1.54) is 6.07 Å². The smallest absolute Gasteiger partial charge is 0.141 e. The Morgan fingerprint density at radius 2 is 2.06 bits per heavy atom. The van der Waals surface area contributed by atoms with Crippen LogP contribution in [0.25, 0.3) is 0 Å². The van der Waals surface area contributed by atoms with Crippen molar-refractivity contribution in [2.24, 2.45) is 0 Å². The molecular formula is C13H19ClFN. The van der Waals surface area contributed by atoms with Crippen LogP contribution < -0.4 is 5.32 Å². The first-order valence-electron chi connectivity index (χ1n) is 5.63. The number of nitrogens with one attached hydrogen (secondary N) is 1. The predicted molar refractivity (Wildman–Crippen MR) is 67.2 cm³/mol. The molecule has 3 heteroatoms. The lowest BCUT2D eigenvalue weighted by Crippen LogP contribution is -2.38. The zero-order valence-corrected chi connectivity index (χ0v) is 10.9. The molecule has 0 saturated carbocycles. The average Bonchev–Trinajstić information content (AvgIpc) is 2.20. The van der Waals surface area contributed by atoms with Crippen molar-refractivity contribution in [2.75, 3.05) is 0 Å². The van der Waals surface area contributed by atoms with Gasteiger partial charge in [0.05, 0.1) is 5.02 Å². The summed E-state index contributed by atoms with van der Waals surface area (Å²) < 4.78 is 12.9. The van der Waals surface area contributed by atoms with E-state index in [0.717, 1.165) is 18.4 Å². The largest absolute Gasteiger partial charge is 0.308 e. The van der Waals surface area contributed by atoms with Crippen LogP contribution in [0.15, 0.2) is 18.2 Å². The summed E-state index contributed by atoms with van der Waals surface area (Å²) in [5.74, 6) is -0.363. The molecule has 0 aliphatic rings. The van der Waals surface area contributed by atoms with Gasteiger partial charge in [-0.15, -0.1) is 0 Å². The average molecular weight is 244 g/mol. The van der Waals surface area contributed by atoms with Crippen molar-refractivity contribution in [3.05, 3.63) is 34.6 Å². The summed E-state index contributed by atoms with van der Waals surface area (Å²) in [7, 11) is 0. The summed E-state index contributed by atoms with van der Waals surface area (Å²) >= 11 is 5.72. The van der Waals surface area contributed by atoms with Gasteiger partial charge >= 0.3 is 0 Å². The van der Waals surface area contributed by atoms with Gasteiger partial charge in [-0.2, -0.15) is 0 Å². The van der Waals surface area contributed by atoms with Crippen LogP contribution in [0.4, 0.5) is 4.39 Å². The minimum Gasteiger partial charge on any atom is -0.308 e. The summed E-state index contributed by atoms with van der Waals surface area (Å²) in [6, 6.07) is 4.84. The Balaban J connectivity index is 2.57. The number of rotatable bonds is 5. The maximum Gasteiger partial charge on any atom is 0.141 e. The van der Waals surface area contributed by atoms with E-state index in [-0.39, 0.29) is 16.4 Å². The third kappa shape index (κ3) is 4.11. The van der Waals surface area contributed by atoms with Crippen LogP contribution in [-0.4, -0.2) is 5.54 Å². The van der Waals surface area contributed by atoms with E-state index < -0.39 is 0 Å². The van der Waals surface area contributed by atoms with Crippen molar-refractivity contribution in [3.8, 4) is 0 Å². The maximum atomic E-state index is 12.9. The van der Waals surface area contributed by atoms with Crippen molar-refractivity contribution in [3.63, 3.8) is 0 Å². The molecule has 1 nitrogen and oxygen atoms in total. The maximum absolute atomic E-state index is 12.9. The number of hydrogen-bond acceptors (Lipinski definition) is 1. The molecule has 0 aliphatic heterocycles. The van der Waals surface area contributed by atoms with Crippen LogP contribution >= 0.6 is 11.6 Å². The highest BCUT2D eigenvalue weighted by Crippen LogP contribution is 2.17. The zero-order valence-electron chi connectivity index (χ0n) is 10.1. The molecule has 0 radical (unpaired) electrons. The van der Waals surface area contributed by atoms with Crippen molar-refractivity contribution in [1.82, 2.24) is 5.32 Å². The SMILES string of the molecule is CCCC(C)(C)NCc1ccc(F)c(Cl)c1. The minimum atomic E-state index is -0.363. The van der Waals surface area contributed by atoms with Gasteiger partial charge in [0.15, 0.2) is 0 Å². The summed E-state index contributed by atoms with van der Waals surface area (Å²) in [6.45, 7) is 7.22. The molecule has 0 spiro atoms. The van der Waals surface area contributed by atoms with E-state index in [9.17, 15) is 4.39 Å². The molecule has 90 valence electrons. The summed E-state index contributed by atoms with van der Waals surface area (Å²) in [5, 5.41) is 3.63. The van der Waals surface area contributed by atoms with Gasteiger partial charge in [-0.05, 0) is 38.0 Å². The van der Waals surface area contributed by atoms with E-state index in [4.69, 9.17) is 11.6 Å². The topological polar surface area (TPSA) is 12.0 Å². The first-order valence-corrected chi connectivity index (χ1v) is 6.01. The molecular weight excluding hydrogens is 225 g/mol. The fourth-order valence-corrected chi connectivity index (χ4v) is 1.91. The Labute approximate surface area is 102 Å². The monoisotopic (exact) mass is 243 g/mol. The third-order valence-corrected chi connectivity index (χ3v) is 2.92. The van der Waals surface area contributed by atoms with E-state index >= 15 is 0 Å². The van der Waals surface area contributed by atoms with Gasteiger partial charge in [0.2, 0.25) is 0 Å². The summed E-state index contributed by atoms with van der Waals surface area (Å²) in [6.07, 6.45) is 2.26. The Morgan fingerprint density at radius 1 is 1.38 bits per heavy atom.